The molecular weight excluding hydrogens is 124 g/mol. The fourth-order valence-electron chi connectivity index (χ4n) is 0.663. The van der Waals surface area contributed by atoms with Crippen LogP contribution in [-0.4, -0.2) is 9.97 Å². The summed E-state index contributed by atoms with van der Waals surface area (Å²) in [5.74, 6) is 0.452. The monoisotopic (exact) mass is 135 g/mol. The van der Waals surface area contributed by atoms with Gasteiger partial charge >= 0.3 is 0 Å². The van der Waals surface area contributed by atoms with Crippen LogP contribution in [0.4, 0.5) is 0 Å². The number of nitrogens with zero attached hydrogens (tertiary/aromatic N) is 2. The molecule has 53 valence electrons. The van der Waals surface area contributed by atoms with Crippen LogP contribution in [0.15, 0.2) is 12.4 Å². The normalized spacial score (nSPS) is 10.4. The van der Waals surface area contributed by atoms with E-state index in [9.17, 15) is 0 Å². The summed E-state index contributed by atoms with van der Waals surface area (Å²) in [5, 5.41) is 0. The molecule has 0 spiro atoms. The summed E-state index contributed by atoms with van der Waals surface area (Å²) < 4.78 is 0. The molecule has 1 rings (SSSR count). The number of hydrogen-bond donors (Lipinski definition) is 0. The van der Waals surface area contributed by atoms with Gasteiger partial charge in [-0.2, -0.15) is 0 Å². The molecule has 1 aromatic heterocycles. The SMILES string of the molecule is [CH2]c1cnc(C(C)C)cn1. The van der Waals surface area contributed by atoms with Gasteiger partial charge in [0, 0.05) is 12.4 Å². The zero-order valence-electron chi connectivity index (χ0n) is 6.33. The molecule has 0 saturated heterocycles. The second kappa shape index (κ2) is 2.78. The third kappa shape index (κ3) is 1.53. The molecule has 1 heterocycles. The molecule has 1 aromatic rings. The van der Waals surface area contributed by atoms with Crippen molar-refractivity contribution in [1.82, 2.24) is 9.97 Å². The van der Waals surface area contributed by atoms with Crippen LogP contribution < -0.4 is 0 Å². The first-order valence-corrected chi connectivity index (χ1v) is 3.34. The molecule has 0 unspecified atom stereocenters. The molecule has 0 saturated carbocycles. The average Bonchev–Trinajstić information content (AvgIpc) is 1.88. The minimum absolute atomic E-state index is 0.452. The van der Waals surface area contributed by atoms with Crippen LogP contribution in [0.1, 0.15) is 31.2 Å². The van der Waals surface area contributed by atoms with Crippen molar-refractivity contribution < 1.29 is 0 Å². The summed E-state index contributed by atoms with van der Waals surface area (Å²) in [4.78, 5) is 8.18. The molecule has 0 aromatic carbocycles. The number of aromatic nitrogens is 2. The van der Waals surface area contributed by atoms with Crippen molar-refractivity contribution in [2.75, 3.05) is 0 Å². The summed E-state index contributed by atoms with van der Waals surface area (Å²) in [7, 11) is 0. The maximum absolute atomic E-state index is 4.15. The number of rotatable bonds is 1. The highest BCUT2D eigenvalue weighted by molar-refractivity contribution is 5.07. The van der Waals surface area contributed by atoms with Gasteiger partial charge in [-0.15, -0.1) is 0 Å². The second-order valence-corrected chi connectivity index (χ2v) is 2.59. The summed E-state index contributed by atoms with van der Waals surface area (Å²) >= 11 is 0. The Labute approximate surface area is 61.3 Å². The van der Waals surface area contributed by atoms with Gasteiger partial charge in [-0.1, -0.05) is 13.8 Å². The molecule has 0 atom stereocenters. The summed E-state index contributed by atoms with van der Waals surface area (Å²) in [6, 6.07) is 0. The molecule has 10 heavy (non-hydrogen) atoms. The molecule has 0 aliphatic heterocycles. The smallest absolute Gasteiger partial charge is 0.0612 e. The third-order valence-electron chi connectivity index (χ3n) is 1.32. The molecule has 2 heteroatoms. The zero-order valence-corrected chi connectivity index (χ0v) is 6.33. The quantitative estimate of drug-likeness (QED) is 0.586. The molecule has 0 N–H and O–H groups in total. The van der Waals surface area contributed by atoms with Crippen molar-refractivity contribution >= 4 is 0 Å². The van der Waals surface area contributed by atoms with Crippen molar-refractivity contribution in [3.05, 3.63) is 30.7 Å². The van der Waals surface area contributed by atoms with Gasteiger partial charge in [0.15, 0.2) is 0 Å². The predicted octanol–water partition coefficient (Wildman–Crippen LogP) is 1.78. The summed E-state index contributed by atoms with van der Waals surface area (Å²) in [6.45, 7) is 7.83. The van der Waals surface area contributed by atoms with Gasteiger partial charge in [0.05, 0.1) is 11.4 Å². The standard InChI is InChI=1S/C8H11N2/c1-6(2)8-5-9-7(3)4-10-8/h4-6H,3H2,1-2H3. The van der Waals surface area contributed by atoms with Crippen LogP contribution in [0.5, 0.6) is 0 Å². The molecule has 0 aliphatic rings. The Hall–Kier alpha value is -0.920. The lowest BCUT2D eigenvalue weighted by atomic mass is 10.1. The van der Waals surface area contributed by atoms with E-state index in [-0.39, 0.29) is 0 Å². The van der Waals surface area contributed by atoms with Gasteiger partial charge in [-0.25, -0.2) is 0 Å². The van der Waals surface area contributed by atoms with Crippen LogP contribution >= 0.6 is 0 Å². The molecule has 0 fully saturated rings. The van der Waals surface area contributed by atoms with Crippen molar-refractivity contribution in [2.45, 2.75) is 19.8 Å². The van der Waals surface area contributed by atoms with Crippen LogP contribution in [0.25, 0.3) is 0 Å². The van der Waals surface area contributed by atoms with Crippen LogP contribution in [0, 0.1) is 6.92 Å². The Balaban J connectivity index is 2.89. The van der Waals surface area contributed by atoms with Gasteiger partial charge in [0.25, 0.3) is 0 Å². The van der Waals surface area contributed by atoms with E-state index < -0.39 is 0 Å². The van der Waals surface area contributed by atoms with Crippen LogP contribution in [0.2, 0.25) is 0 Å². The molecule has 0 aliphatic carbocycles. The Morgan fingerprint density at radius 2 is 2.00 bits per heavy atom. The maximum atomic E-state index is 4.15. The van der Waals surface area contributed by atoms with E-state index >= 15 is 0 Å². The van der Waals surface area contributed by atoms with Gasteiger partial charge in [0.1, 0.15) is 0 Å². The lowest BCUT2D eigenvalue weighted by Gasteiger charge is -2.01. The number of hydrogen-bond acceptors (Lipinski definition) is 2. The van der Waals surface area contributed by atoms with E-state index in [0.29, 0.717) is 5.92 Å². The first kappa shape index (κ1) is 7.19. The van der Waals surface area contributed by atoms with Crippen LogP contribution in [-0.2, 0) is 0 Å². The highest BCUT2D eigenvalue weighted by atomic mass is 14.8. The van der Waals surface area contributed by atoms with E-state index in [0.717, 1.165) is 11.4 Å². The van der Waals surface area contributed by atoms with E-state index in [1.54, 1.807) is 12.4 Å². The lowest BCUT2D eigenvalue weighted by molar-refractivity contribution is 0.809. The predicted molar refractivity (Wildman–Crippen MR) is 40.6 cm³/mol. The van der Waals surface area contributed by atoms with E-state index in [1.807, 2.05) is 0 Å². The summed E-state index contributed by atoms with van der Waals surface area (Å²) in [6.07, 6.45) is 3.46. The topological polar surface area (TPSA) is 25.8 Å². The maximum Gasteiger partial charge on any atom is 0.0612 e. The molecule has 1 radical (unpaired) electrons. The first-order chi connectivity index (χ1) is 4.70. The van der Waals surface area contributed by atoms with Crippen molar-refractivity contribution in [3.8, 4) is 0 Å². The fourth-order valence-corrected chi connectivity index (χ4v) is 0.663. The Morgan fingerprint density at radius 1 is 1.30 bits per heavy atom. The lowest BCUT2D eigenvalue weighted by Crippen LogP contribution is -1.93. The Bertz CT molecular complexity index is 201. The van der Waals surface area contributed by atoms with Gasteiger partial charge < -0.3 is 0 Å². The van der Waals surface area contributed by atoms with E-state index in [4.69, 9.17) is 0 Å². The van der Waals surface area contributed by atoms with Crippen molar-refractivity contribution in [2.24, 2.45) is 0 Å². The average molecular weight is 135 g/mol. The van der Waals surface area contributed by atoms with Gasteiger partial charge in [-0.05, 0) is 12.8 Å². The fraction of sp³-hybridized carbons (Fsp3) is 0.375. The molecular formula is C8H11N2. The highest BCUT2D eigenvalue weighted by Crippen LogP contribution is 2.08. The molecule has 0 bridgehead atoms. The molecule has 0 amide bonds. The zero-order chi connectivity index (χ0) is 7.56. The van der Waals surface area contributed by atoms with Crippen molar-refractivity contribution in [1.29, 1.82) is 0 Å². The third-order valence-corrected chi connectivity index (χ3v) is 1.32. The minimum Gasteiger partial charge on any atom is -0.258 e. The minimum atomic E-state index is 0.452. The van der Waals surface area contributed by atoms with E-state index in [2.05, 4.69) is 30.7 Å². The first-order valence-electron chi connectivity index (χ1n) is 3.34. The van der Waals surface area contributed by atoms with Gasteiger partial charge in [-0.3, -0.25) is 9.97 Å². The molecule has 2 nitrogen and oxygen atoms in total. The van der Waals surface area contributed by atoms with Crippen molar-refractivity contribution in [3.63, 3.8) is 0 Å². The second-order valence-electron chi connectivity index (χ2n) is 2.59. The Morgan fingerprint density at radius 3 is 2.40 bits per heavy atom. The van der Waals surface area contributed by atoms with Gasteiger partial charge in [0.2, 0.25) is 0 Å². The Kier molecular flexibility index (Phi) is 2.00. The highest BCUT2D eigenvalue weighted by Gasteiger charge is 1.98. The van der Waals surface area contributed by atoms with E-state index in [1.165, 1.54) is 0 Å². The largest absolute Gasteiger partial charge is 0.258 e. The van der Waals surface area contributed by atoms with Crippen LogP contribution in [0.3, 0.4) is 0 Å². The summed E-state index contributed by atoms with van der Waals surface area (Å²) in [5.41, 5.74) is 1.75.